The number of benzene rings is 1. The predicted octanol–water partition coefficient (Wildman–Crippen LogP) is 1.41. The van der Waals surface area contributed by atoms with E-state index in [2.05, 4.69) is 0 Å². The van der Waals surface area contributed by atoms with Gasteiger partial charge in [-0.15, -0.1) is 0 Å². The molecule has 0 spiro atoms. The Labute approximate surface area is 165 Å². The molecule has 0 aliphatic carbocycles. The van der Waals surface area contributed by atoms with Gasteiger partial charge in [0, 0.05) is 0 Å². The van der Waals surface area contributed by atoms with Crippen molar-refractivity contribution < 1.29 is 40.8 Å². The fourth-order valence-corrected chi connectivity index (χ4v) is 4.73. The topological polar surface area (TPSA) is 112 Å². The van der Waals surface area contributed by atoms with Gasteiger partial charge >= 0.3 is 165 Å². The minimum absolute atomic E-state index is 0.0304. The van der Waals surface area contributed by atoms with Gasteiger partial charge in [-0.25, -0.2) is 0 Å². The van der Waals surface area contributed by atoms with Crippen LogP contribution in [0.4, 0.5) is 17.6 Å². The number of rotatable bonds is 4. The van der Waals surface area contributed by atoms with Gasteiger partial charge in [0.05, 0.1) is 0 Å². The van der Waals surface area contributed by atoms with Crippen molar-refractivity contribution in [2.24, 2.45) is 0 Å². The van der Waals surface area contributed by atoms with Gasteiger partial charge in [0.15, 0.2) is 0 Å². The maximum atomic E-state index is 13.7. The third-order valence-electron chi connectivity index (χ3n) is 4.65. The van der Waals surface area contributed by atoms with E-state index < -0.39 is 73.3 Å². The number of nitrogens with one attached hydrogen (secondary N) is 1. The molecule has 0 radical (unpaired) electrons. The summed E-state index contributed by atoms with van der Waals surface area (Å²) in [5.74, 6) is -4.71. The van der Waals surface area contributed by atoms with E-state index in [0.29, 0.717) is 18.3 Å². The van der Waals surface area contributed by atoms with Gasteiger partial charge in [0.25, 0.3) is 0 Å². The number of halogens is 4. The van der Waals surface area contributed by atoms with Crippen LogP contribution >= 0.6 is 8.17 Å². The molecule has 164 valence electrons. The summed E-state index contributed by atoms with van der Waals surface area (Å²) < 4.78 is 75.9. The molecule has 2 aliphatic heterocycles. The molecule has 3 atom stereocenters. The SMILES string of the molecule is O=c1[nH]c(=O)n([C@H]2C[C@@H]3O[PH](O)(OCc4c(F)cc(F)cc4F)OC[C@H]3O2)cc1F. The molecule has 0 bridgehead atoms. The van der Waals surface area contributed by atoms with Gasteiger partial charge in [-0.1, -0.05) is 0 Å². The second-order valence-corrected chi connectivity index (χ2v) is 8.50. The van der Waals surface area contributed by atoms with Crippen molar-refractivity contribution in [3.8, 4) is 0 Å². The monoisotopic (exact) mass is 454 g/mol. The van der Waals surface area contributed by atoms with E-state index in [0.717, 1.165) is 4.57 Å². The van der Waals surface area contributed by atoms with E-state index in [9.17, 15) is 32.0 Å². The van der Waals surface area contributed by atoms with E-state index >= 15 is 0 Å². The first-order valence-corrected chi connectivity index (χ1v) is 10.3. The molecule has 1 aromatic heterocycles. The molecule has 2 aromatic rings. The van der Waals surface area contributed by atoms with E-state index in [1.807, 2.05) is 0 Å². The molecule has 2 aliphatic rings. The van der Waals surface area contributed by atoms with Gasteiger partial charge in [0.1, 0.15) is 0 Å². The first-order valence-electron chi connectivity index (χ1n) is 8.63. The average molecular weight is 454 g/mol. The molecule has 1 aromatic carbocycles. The normalized spacial score (nSPS) is 26.4. The molecule has 30 heavy (non-hydrogen) atoms. The predicted molar refractivity (Wildman–Crippen MR) is 92.3 cm³/mol. The number of aromatic amines is 1. The van der Waals surface area contributed by atoms with E-state index in [1.54, 1.807) is 4.98 Å². The minimum atomic E-state index is -4.36. The number of aromatic nitrogens is 2. The molecule has 9 nitrogen and oxygen atoms in total. The van der Waals surface area contributed by atoms with Gasteiger partial charge in [-0.05, 0) is 0 Å². The Hall–Kier alpha value is -2.15. The molecule has 2 fully saturated rings. The molecular formula is C16H15F4N2O7P. The summed E-state index contributed by atoms with van der Waals surface area (Å²) in [4.78, 5) is 35.3. The van der Waals surface area contributed by atoms with Crippen molar-refractivity contribution in [2.75, 3.05) is 6.61 Å². The Morgan fingerprint density at radius 3 is 2.57 bits per heavy atom. The van der Waals surface area contributed by atoms with E-state index in [4.69, 9.17) is 18.3 Å². The van der Waals surface area contributed by atoms with Gasteiger partial charge in [-0.3, -0.25) is 0 Å². The van der Waals surface area contributed by atoms with Crippen LogP contribution in [-0.4, -0.2) is 33.3 Å². The summed E-state index contributed by atoms with van der Waals surface area (Å²) >= 11 is 0. The van der Waals surface area contributed by atoms with Crippen molar-refractivity contribution in [2.45, 2.75) is 31.5 Å². The van der Waals surface area contributed by atoms with Gasteiger partial charge < -0.3 is 0 Å². The van der Waals surface area contributed by atoms with Crippen molar-refractivity contribution >= 4 is 8.17 Å². The molecule has 3 heterocycles. The molecule has 2 saturated heterocycles. The van der Waals surface area contributed by atoms with Crippen LogP contribution < -0.4 is 11.2 Å². The zero-order valence-corrected chi connectivity index (χ0v) is 15.9. The van der Waals surface area contributed by atoms with E-state index in [-0.39, 0.29) is 13.0 Å². The first-order chi connectivity index (χ1) is 14.1. The van der Waals surface area contributed by atoms with Crippen molar-refractivity contribution in [3.63, 3.8) is 0 Å². The van der Waals surface area contributed by atoms with Crippen LogP contribution in [-0.2, 0) is 24.9 Å². The zero-order chi connectivity index (χ0) is 21.6. The third kappa shape index (κ3) is 4.04. The quantitative estimate of drug-likeness (QED) is 0.531. The summed E-state index contributed by atoms with van der Waals surface area (Å²) in [6, 6.07) is 0.922. The number of hydrogen-bond donors (Lipinski definition) is 2. The second-order valence-electron chi connectivity index (χ2n) is 6.64. The van der Waals surface area contributed by atoms with Crippen LogP contribution in [0.25, 0.3) is 0 Å². The summed E-state index contributed by atoms with van der Waals surface area (Å²) in [6.45, 7) is -1.02. The van der Waals surface area contributed by atoms with Crippen molar-refractivity contribution in [1.29, 1.82) is 0 Å². The number of fused-ring (bicyclic) bond motifs is 1. The summed E-state index contributed by atoms with van der Waals surface area (Å²) in [7, 11) is -4.36. The second kappa shape index (κ2) is 7.84. The summed E-state index contributed by atoms with van der Waals surface area (Å²) in [5.41, 5.74) is -2.71. The molecule has 14 heteroatoms. The van der Waals surface area contributed by atoms with Crippen LogP contribution in [0, 0.1) is 23.3 Å². The van der Waals surface area contributed by atoms with Crippen molar-refractivity contribution in [3.05, 3.63) is 68.0 Å². The Morgan fingerprint density at radius 2 is 1.87 bits per heavy atom. The van der Waals surface area contributed by atoms with Crippen LogP contribution in [0.2, 0.25) is 0 Å². The Balaban J connectivity index is 1.45. The average Bonchev–Trinajstić information content (AvgIpc) is 3.06. The molecule has 0 saturated carbocycles. The fraction of sp³-hybridized carbons (Fsp3) is 0.375. The summed E-state index contributed by atoms with van der Waals surface area (Å²) in [5, 5.41) is 0. The molecule has 4 rings (SSSR count). The number of H-pyrrole nitrogens is 1. The summed E-state index contributed by atoms with van der Waals surface area (Å²) in [6.07, 6.45) is -1.97. The standard InChI is InChI=1S/C16H15F4N2O7P/c17-7-1-9(18)8(10(19)2-7)5-26-30(25)27-6-13-12(29-30)3-14(28-13)22-4-11(20)15(23)21-16(22)24/h1-2,4,12-14,25,30H,3,5-6H2,(H,21,23,24)/t12-,13+,14+/m0/s1. The Kier molecular flexibility index (Phi) is 5.51. The van der Waals surface area contributed by atoms with Crippen LogP contribution in [0.1, 0.15) is 18.2 Å². The van der Waals surface area contributed by atoms with Crippen LogP contribution in [0.5, 0.6) is 0 Å². The van der Waals surface area contributed by atoms with Crippen LogP contribution in [0.3, 0.4) is 0 Å². The number of nitrogens with zero attached hydrogens (tertiary/aromatic N) is 1. The van der Waals surface area contributed by atoms with Gasteiger partial charge in [0.2, 0.25) is 0 Å². The Bertz CT molecular complexity index is 1070. The van der Waals surface area contributed by atoms with Crippen LogP contribution in [0.15, 0.2) is 27.9 Å². The maximum absolute atomic E-state index is 13.7. The number of ether oxygens (including phenoxy) is 1. The van der Waals surface area contributed by atoms with E-state index in [1.165, 1.54) is 0 Å². The molecule has 0 unspecified atom stereocenters. The molecular weight excluding hydrogens is 439 g/mol. The third-order valence-corrected chi connectivity index (χ3v) is 6.29. The first kappa shape index (κ1) is 21.1. The Morgan fingerprint density at radius 1 is 1.17 bits per heavy atom. The van der Waals surface area contributed by atoms with Gasteiger partial charge in [-0.2, -0.15) is 0 Å². The van der Waals surface area contributed by atoms with Crippen molar-refractivity contribution in [1.82, 2.24) is 9.55 Å². The zero-order valence-electron chi connectivity index (χ0n) is 14.9. The number of hydrogen-bond acceptors (Lipinski definition) is 7. The molecule has 0 amide bonds. The fourth-order valence-electron chi connectivity index (χ4n) is 3.18. The molecule has 2 N–H and O–H groups in total.